The quantitative estimate of drug-likeness (QED) is 0.347. The normalized spacial score (nSPS) is 23.2. The van der Waals surface area contributed by atoms with Gasteiger partial charge in [0.1, 0.15) is 13.1 Å². The van der Waals surface area contributed by atoms with E-state index >= 15 is 0 Å². The molecule has 2 heteroatoms. The highest BCUT2D eigenvalue weighted by atomic mass is 79.9. The summed E-state index contributed by atoms with van der Waals surface area (Å²) < 4.78 is 1.37. The Morgan fingerprint density at radius 1 is 1.50 bits per heavy atom. The van der Waals surface area contributed by atoms with Crippen molar-refractivity contribution in [3.05, 3.63) is 0 Å². The van der Waals surface area contributed by atoms with Crippen molar-refractivity contribution in [1.82, 2.24) is 0 Å². The molecule has 1 aliphatic rings. The van der Waals surface area contributed by atoms with Gasteiger partial charge in [0.2, 0.25) is 0 Å². The lowest BCUT2D eigenvalue weighted by Crippen LogP contribution is -2.27. The fourth-order valence-corrected chi connectivity index (χ4v) is 1.77. The molecule has 1 rings (SSSR count). The van der Waals surface area contributed by atoms with E-state index in [1.165, 1.54) is 36.0 Å². The zero-order valence-electron chi connectivity index (χ0n) is 5.36. The predicted molar refractivity (Wildman–Crippen MR) is 39.2 cm³/mol. The van der Waals surface area contributed by atoms with Crippen LogP contribution in [-0.4, -0.2) is 36.0 Å². The predicted octanol–water partition coefficient (Wildman–Crippen LogP) is 1.23. The Morgan fingerprint density at radius 3 is 2.25 bits per heavy atom. The monoisotopic (exact) mass is 178 g/mol. The number of halogens is 1. The van der Waals surface area contributed by atoms with Crippen molar-refractivity contribution in [3.8, 4) is 0 Å². The molecule has 0 aromatic carbocycles. The summed E-state index contributed by atoms with van der Waals surface area (Å²) in [5, 5.41) is 1.17. The van der Waals surface area contributed by atoms with Gasteiger partial charge in [0, 0.05) is 0 Å². The first-order chi connectivity index (χ1) is 3.83. The standard InChI is InChI=1S/C6H13BrN/c1-2-8(4-3-7)5-6-8/h2-6H2,1H3/q+1. The summed E-state index contributed by atoms with van der Waals surface area (Å²) in [6.45, 7) is 7.77. The maximum Gasteiger partial charge on any atom is 0.129 e. The molecule has 0 N–H and O–H groups in total. The van der Waals surface area contributed by atoms with Crippen molar-refractivity contribution in [1.29, 1.82) is 0 Å². The van der Waals surface area contributed by atoms with Crippen LogP contribution in [0, 0.1) is 0 Å². The van der Waals surface area contributed by atoms with E-state index in [0.29, 0.717) is 0 Å². The average Bonchev–Trinajstić information content (AvgIpc) is 2.50. The molecule has 1 aliphatic heterocycles. The van der Waals surface area contributed by atoms with Gasteiger partial charge in [0.15, 0.2) is 0 Å². The number of alkyl halides is 1. The molecule has 1 fully saturated rings. The minimum Gasteiger partial charge on any atom is -0.314 e. The molecule has 1 heterocycles. The second-order valence-electron chi connectivity index (χ2n) is 2.52. The molecule has 0 atom stereocenters. The second kappa shape index (κ2) is 2.36. The zero-order valence-corrected chi connectivity index (χ0v) is 6.95. The van der Waals surface area contributed by atoms with Crippen molar-refractivity contribution < 1.29 is 4.48 Å². The lowest BCUT2D eigenvalue weighted by molar-refractivity contribution is -0.794. The van der Waals surface area contributed by atoms with Crippen molar-refractivity contribution >= 4 is 15.9 Å². The number of likely N-dealkylation sites (N-methyl/N-ethyl adjacent to an activating group) is 1. The van der Waals surface area contributed by atoms with Crippen LogP contribution in [0.15, 0.2) is 0 Å². The Labute approximate surface area is 59.4 Å². The van der Waals surface area contributed by atoms with Crippen LogP contribution >= 0.6 is 15.9 Å². The third-order valence-corrected chi connectivity index (χ3v) is 2.44. The maximum atomic E-state index is 3.45. The highest BCUT2D eigenvalue weighted by Crippen LogP contribution is 2.19. The zero-order chi connectivity index (χ0) is 6.04. The average molecular weight is 179 g/mol. The van der Waals surface area contributed by atoms with E-state index < -0.39 is 0 Å². The summed E-state index contributed by atoms with van der Waals surface area (Å²) in [4.78, 5) is 0. The summed E-state index contributed by atoms with van der Waals surface area (Å²) in [5.41, 5.74) is 0. The Balaban J connectivity index is 2.20. The number of hydrogen-bond donors (Lipinski definition) is 0. The van der Waals surface area contributed by atoms with Crippen molar-refractivity contribution in [2.45, 2.75) is 6.92 Å². The van der Waals surface area contributed by atoms with E-state index in [-0.39, 0.29) is 0 Å². The molecule has 1 nitrogen and oxygen atoms in total. The lowest BCUT2D eigenvalue weighted by Gasteiger charge is -2.12. The van der Waals surface area contributed by atoms with Crippen LogP contribution in [0.5, 0.6) is 0 Å². The molecule has 0 radical (unpaired) electrons. The molecule has 0 saturated carbocycles. The van der Waals surface area contributed by atoms with Gasteiger partial charge in [-0.1, -0.05) is 15.9 Å². The van der Waals surface area contributed by atoms with Crippen LogP contribution in [0.1, 0.15) is 6.92 Å². The molecule has 0 aromatic rings. The highest BCUT2D eigenvalue weighted by Gasteiger charge is 2.38. The van der Waals surface area contributed by atoms with Gasteiger partial charge >= 0.3 is 0 Å². The highest BCUT2D eigenvalue weighted by molar-refractivity contribution is 9.09. The van der Waals surface area contributed by atoms with Gasteiger partial charge in [-0.15, -0.1) is 0 Å². The maximum absolute atomic E-state index is 3.45. The first kappa shape index (κ1) is 6.56. The fraction of sp³-hybridized carbons (Fsp3) is 1.00. The number of nitrogens with zero attached hydrogens (tertiary/aromatic N) is 1. The minimum absolute atomic E-state index is 1.17. The van der Waals surface area contributed by atoms with E-state index in [1.54, 1.807) is 0 Å². The van der Waals surface area contributed by atoms with Crippen LogP contribution in [-0.2, 0) is 0 Å². The SMILES string of the molecule is CC[N+]1(CCBr)CC1. The minimum atomic E-state index is 1.17. The van der Waals surface area contributed by atoms with Gasteiger partial charge in [0.05, 0.1) is 18.4 Å². The van der Waals surface area contributed by atoms with Crippen LogP contribution in [0.3, 0.4) is 0 Å². The largest absolute Gasteiger partial charge is 0.314 e. The number of rotatable bonds is 3. The molecule has 0 amide bonds. The molecular weight excluding hydrogens is 166 g/mol. The van der Waals surface area contributed by atoms with Crippen LogP contribution in [0.2, 0.25) is 0 Å². The molecular formula is C6H13BrN+. The van der Waals surface area contributed by atoms with Crippen LogP contribution in [0.4, 0.5) is 0 Å². The summed E-state index contributed by atoms with van der Waals surface area (Å²) in [6, 6.07) is 0. The third kappa shape index (κ3) is 1.23. The van der Waals surface area contributed by atoms with E-state index in [1.807, 2.05) is 0 Å². The number of hydrogen-bond acceptors (Lipinski definition) is 0. The van der Waals surface area contributed by atoms with E-state index in [4.69, 9.17) is 0 Å². The molecule has 0 bridgehead atoms. The Bertz CT molecular complexity index is 78.6. The number of quaternary nitrogens is 1. The van der Waals surface area contributed by atoms with Crippen molar-refractivity contribution in [3.63, 3.8) is 0 Å². The van der Waals surface area contributed by atoms with Gasteiger partial charge in [-0.25, -0.2) is 0 Å². The Kier molecular flexibility index (Phi) is 1.93. The van der Waals surface area contributed by atoms with Gasteiger partial charge in [-0.3, -0.25) is 0 Å². The topological polar surface area (TPSA) is 0 Å². The molecule has 0 aromatic heterocycles. The Hall–Kier alpha value is 0.440. The van der Waals surface area contributed by atoms with Gasteiger partial charge in [-0.05, 0) is 6.92 Å². The van der Waals surface area contributed by atoms with Gasteiger partial charge in [0.25, 0.3) is 0 Å². The molecule has 1 saturated heterocycles. The smallest absolute Gasteiger partial charge is 0.129 e. The van der Waals surface area contributed by atoms with Crippen molar-refractivity contribution in [2.75, 3.05) is 31.5 Å². The van der Waals surface area contributed by atoms with Crippen LogP contribution in [0.25, 0.3) is 0 Å². The second-order valence-corrected chi connectivity index (χ2v) is 3.31. The van der Waals surface area contributed by atoms with Gasteiger partial charge < -0.3 is 4.48 Å². The molecule has 8 heavy (non-hydrogen) atoms. The lowest BCUT2D eigenvalue weighted by atomic mass is 10.6. The molecule has 0 aliphatic carbocycles. The summed E-state index contributed by atoms with van der Waals surface area (Å²) in [6.07, 6.45) is 0. The van der Waals surface area contributed by atoms with Crippen molar-refractivity contribution in [2.24, 2.45) is 0 Å². The van der Waals surface area contributed by atoms with Crippen LogP contribution < -0.4 is 0 Å². The van der Waals surface area contributed by atoms with Gasteiger partial charge in [-0.2, -0.15) is 0 Å². The van der Waals surface area contributed by atoms with E-state index in [9.17, 15) is 0 Å². The summed E-state index contributed by atoms with van der Waals surface area (Å²) in [5.74, 6) is 0. The summed E-state index contributed by atoms with van der Waals surface area (Å²) in [7, 11) is 0. The molecule has 0 unspecified atom stereocenters. The summed E-state index contributed by atoms with van der Waals surface area (Å²) >= 11 is 3.45. The molecule has 0 spiro atoms. The first-order valence-corrected chi connectivity index (χ1v) is 4.36. The van der Waals surface area contributed by atoms with E-state index in [0.717, 1.165) is 0 Å². The first-order valence-electron chi connectivity index (χ1n) is 3.24. The third-order valence-electron chi connectivity index (χ3n) is 2.09. The Morgan fingerprint density at radius 2 is 2.12 bits per heavy atom. The van der Waals surface area contributed by atoms with E-state index in [2.05, 4.69) is 22.9 Å². The molecule has 48 valence electrons. The fourth-order valence-electron chi connectivity index (χ4n) is 1.02.